The molecule has 2 aliphatic rings. The number of benzene rings is 2. The predicted octanol–water partition coefficient (Wildman–Crippen LogP) is 6.97. The van der Waals surface area contributed by atoms with Crippen molar-refractivity contribution in [3.05, 3.63) is 47.3 Å². The van der Waals surface area contributed by atoms with Crippen LogP contribution in [-0.4, -0.2) is 0 Å². The van der Waals surface area contributed by atoms with E-state index in [-0.39, 0.29) is 5.39 Å². The first kappa shape index (κ1) is 16.9. The third-order valence-electron chi connectivity index (χ3n) is 6.77. The van der Waals surface area contributed by atoms with Gasteiger partial charge in [-0.2, -0.15) is 0 Å². The van der Waals surface area contributed by atoms with E-state index in [1.165, 1.54) is 38.5 Å². The summed E-state index contributed by atoms with van der Waals surface area (Å²) in [5.74, 6) is -0.557. The Labute approximate surface area is 147 Å². The van der Waals surface area contributed by atoms with Gasteiger partial charge in [0.05, 0.1) is 0 Å². The van der Waals surface area contributed by atoms with Gasteiger partial charge in [0.2, 0.25) is 0 Å². The number of rotatable bonds is 2. The van der Waals surface area contributed by atoms with Crippen molar-refractivity contribution in [1.82, 2.24) is 0 Å². The maximum atomic E-state index is 13.9. The second-order valence-corrected chi connectivity index (χ2v) is 8.08. The summed E-state index contributed by atoms with van der Waals surface area (Å²) >= 11 is 0. The molecule has 0 radical (unpaired) electrons. The summed E-state index contributed by atoms with van der Waals surface area (Å²) in [7, 11) is 0. The molecule has 4 atom stereocenters. The molecule has 0 N–H and O–H groups in total. The zero-order valence-electron chi connectivity index (χ0n) is 14.7. The quantitative estimate of drug-likeness (QED) is 0.515. The first-order chi connectivity index (χ1) is 12.1. The van der Waals surface area contributed by atoms with Crippen molar-refractivity contribution in [3.8, 4) is 0 Å². The Balaban J connectivity index is 1.58. The van der Waals surface area contributed by atoms with E-state index in [9.17, 15) is 13.2 Å². The van der Waals surface area contributed by atoms with Crippen LogP contribution in [0.1, 0.15) is 63.4 Å². The predicted molar refractivity (Wildman–Crippen MR) is 95.0 cm³/mol. The van der Waals surface area contributed by atoms with Crippen molar-refractivity contribution in [2.45, 2.75) is 57.8 Å². The van der Waals surface area contributed by atoms with Crippen molar-refractivity contribution < 1.29 is 13.2 Å². The molecule has 0 spiro atoms. The molecule has 25 heavy (non-hydrogen) atoms. The molecule has 0 aromatic heterocycles. The van der Waals surface area contributed by atoms with Gasteiger partial charge in [-0.15, -0.1) is 0 Å². The fraction of sp³-hybridized carbons (Fsp3) is 0.545. The highest BCUT2D eigenvalue weighted by Crippen LogP contribution is 2.48. The standard InChI is InChI=1S/C22H25F3/c1-2-13-3-4-15-10-16(6-5-14(15)9-13)17-7-8-19-18(11-17)12-20(23)22(25)21(19)24/h7-8,11-16H,2-6,9-10H2,1H3/t13-,14?,15-,16?/m1/s1. The number of fused-ring (bicyclic) bond motifs is 2. The highest BCUT2D eigenvalue weighted by Gasteiger charge is 2.35. The first-order valence-electron chi connectivity index (χ1n) is 9.64. The van der Waals surface area contributed by atoms with Crippen molar-refractivity contribution >= 4 is 10.8 Å². The van der Waals surface area contributed by atoms with Gasteiger partial charge in [0.25, 0.3) is 0 Å². The van der Waals surface area contributed by atoms with Gasteiger partial charge in [0.1, 0.15) is 0 Å². The van der Waals surface area contributed by atoms with Crippen LogP contribution in [0.5, 0.6) is 0 Å². The van der Waals surface area contributed by atoms with Crippen LogP contribution < -0.4 is 0 Å². The van der Waals surface area contributed by atoms with Crippen molar-refractivity contribution in [1.29, 1.82) is 0 Å². The molecular formula is C22H25F3. The second kappa shape index (κ2) is 6.66. The molecule has 0 heterocycles. The molecule has 134 valence electrons. The number of hydrogen-bond acceptors (Lipinski definition) is 0. The Morgan fingerprint density at radius 3 is 2.44 bits per heavy atom. The molecule has 0 bridgehead atoms. The second-order valence-electron chi connectivity index (χ2n) is 8.08. The van der Waals surface area contributed by atoms with E-state index in [4.69, 9.17) is 0 Å². The van der Waals surface area contributed by atoms with Crippen LogP contribution in [0.4, 0.5) is 13.2 Å². The van der Waals surface area contributed by atoms with Gasteiger partial charge < -0.3 is 0 Å². The SMILES string of the molecule is CC[C@@H]1CC[C@@H]2CC(c3ccc4c(F)c(F)c(F)cc4c3)CCC2C1. The third-order valence-corrected chi connectivity index (χ3v) is 6.77. The molecule has 2 fully saturated rings. The molecule has 2 aliphatic carbocycles. The maximum Gasteiger partial charge on any atom is 0.195 e. The van der Waals surface area contributed by atoms with E-state index in [0.717, 1.165) is 35.8 Å². The van der Waals surface area contributed by atoms with Crippen LogP contribution in [0.25, 0.3) is 10.8 Å². The molecule has 0 amide bonds. The molecule has 0 nitrogen and oxygen atoms in total. The Bertz CT molecular complexity index is 782. The van der Waals surface area contributed by atoms with E-state index in [0.29, 0.717) is 11.3 Å². The lowest BCUT2D eigenvalue weighted by atomic mass is 9.63. The number of halogens is 3. The first-order valence-corrected chi connectivity index (χ1v) is 9.64. The van der Waals surface area contributed by atoms with E-state index >= 15 is 0 Å². The topological polar surface area (TPSA) is 0 Å². The van der Waals surface area contributed by atoms with Crippen LogP contribution in [0.3, 0.4) is 0 Å². The summed E-state index contributed by atoms with van der Waals surface area (Å²) in [6.45, 7) is 2.30. The molecule has 2 aromatic carbocycles. The van der Waals surface area contributed by atoms with Crippen LogP contribution in [-0.2, 0) is 0 Å². The summed E-state index contributed by atoms with van der Waals surface area (Å²) < 4.78 is 40.9. The van der Waals surface area contributed by atoms with Crippen LogP contribution >= 0.6 is 0 Å². The van der Waals surface area contributed by atoms with Crippen LogP contribution in [0, 0.1) is 35.2 Å². The summed E-state index contributed by atoms with van der Waals surface area (Å²) in [6, 6.07) is 6.51. The van der Waals surface area contributed by atoms with Crippen LogP contribution in [0.15, 0.2) is 24.3 Å². The average molecular weight is 346 g/mol. The highest BCUT2D eigenvalue weighted by atomic mass is 19.2. The fourth-order valence-electron chi connectivity index (χ4n) is 5.24. The van der Waals surface area contributed by atoms with Gasteiger partial charge in [0, 0.05) is 5.39 Å². The van der Waals surface area contributed by atoms with E-state index in [1.807, 2.05) is 12.1 Å². The smallest absolute Gasteiger partial charge is 0.195 e. The molecule has 0 saturated heterocycles. The monoisotopic (exact) mass is 346 g/mol. The Morgan fingerprint density at radius 2 is 1.64 bits per heavy atom. The van der Waals surface area contributed by atoms with Gasteiger partial charge in [-0.3, -0.25) is 0 Å². The normalized spacial score (nSPS) is 29.6. The van der Waals surface area contributed by atoms with Gasteiger partial charge in [0.15, 0.2) is 17.5 Å². The average Bonchev–Trinajstić information content (AvgIpc) is 2.65. The number of hydrogen-bond donors (Lipinski definition) is 0. The third kappa shape index (κ3) is 3.07. The lowest BCUT2D eigenvalue weighted by molar-refractivity contribution is 0.116. The lowest BCUT2D eigenvalue weighted by Gasteiger charge is -2.42. The summed E-state index contributed by atoms with van der Waals surface area (Å²) in [4.78, 5) is 0. The minimum absolute atomic E-state index is 0.166. The molecule has 0 aliphatic heterocycles. The van der Waals surface area contributed by atoms with Gasteiger partial charge in [-0.1, -0.05) is 38.0 Å². The molecular weight excluding hydrogens is 321 g/mol. The van der Waals surface area contributed by atoms with E-state index in [2.05, 4.69) is 6.92 Å². The summed E-state index contributed by atoms with van der Waals surface area (Å²) in [5, 5.41) is 0.630. The Kier molecular flexibility index (Phi) is 4.51. The lowest BCUT2D eigenvalue weighted by Crippen LogP contribution is -2.30. The molecule has 4 rings (SSSR count). The van der Waals surface area contributed by atoms with E-state index < -0.39 is 17.5 Å². The van der Waals surface area contributed by atoms with Crippen LogP contribution in [0.2, 0.25) is 0 Å². The van der Waals surface area contributed by atoms with Crippen molar-refractivity contribution in [3.63, 3.8) is 0 Å². The van der Waals surface area contributed by atoms with E-state index in [1.54, 1.807) is 6.07 Å². The minimum Gasteiger partial charge on any atom is -0.204 e. The minimum atomic E-state index is -1.38. The van der Waals surface area contributed by atoms with Crippen molar-refractivity contribution in [2.24, 2.45) is 17.8 Å². The largest absolute Gasteiger partial charge is 0.204 e. The molecule has 2 saturated carbocycles. The Hall–Kier alpha value is -1.51. The van der Waals surface area contributed by atoms with Crippen molar-refractivity contribution in [2.75, 3.05) is 0 Å². The fourth-order valence-corrected chi connectivity index (χ4v) is 5.24. The van der Waals surface area contributed by atoms with Gasteiger partial charge in [-0.25, -0.2) is 13.2 Å². The zero-order chi connectivity index (χ0) is 17.6. The Morgan fingerprint density at radius 1 is 0.880 bits per heavy atom. The summed E-state index contributed by atoms with van der Waals surface area (Å²) in [6.07, 6.45) is 8.93. The molecule has 3 heteroatoms. The zero-order valence-corrected chi connectivity index (χ0v) is 14.7. The molecule has 2 unspecified atom stereocenters. The van der Waals surface area contributed by atoms with Gasteiger partial charge >= 0.3 is 0 Å². The summed E-state index contributed by atoms with van der Waals surface area (Å²) in [5.41, 5.74) is 1.15. The highest BCUT2D eigenvalue weighted by molar-refractivity contribution is 5.84. The maximum absolute atomic E-state index is 13.9. The van der Waals surface area contributed by atoms with Gasteiger partial charge in [-0.05, 0) is 72.8 Å². The molecule has 2 aromatic rings.